The molecule has 19 heavy (non-hydrogen) atoms. The standard InChI is InChI=1S/C16H11BrOS/c1-10-7-12-15(19)9-14(11-5-3-2-4-6-11)18-16(12)13(17)8-10/h2-9H,1H3. The second-order valence-electron chi connectivity index (χ2n) is 4.46. The molecule has 0 amide bonds. The van der Waals surface area contributed by atoms with E-state index in [1.807, 2.05) is 49.4 Å². The Hall–Kier alpha value is -1.45. The van der Waals surface area contributed by atoms with Crippen LogP contribution in [0.1, 0.15) is 5.56 Å². The van der Waals surface area contributed by atoms with E-state index in [9.17, 15) is 0 Å². The van der Waals surface area contributed by atoms with E-state index in [0.29, 0.717) is 0 Å². The maximum atomic E-state index is 6.00. The minimum absolute atomic E-state index is 0.794. The fourth-order valence-electron chi connectivity index (χ4n) is 2.10. The van der Waals surface area contributed by atoms with Crippen molar-refractivity contribution < 1.29 is 4.42 Å². The highest BCUT2D eigenvalue weighted by Crippen LogP contribution is 2.31. The quantitative estimate of drug-likeness (QED) is 0.515. The van der Waals surface area contributed by atoms with Crippen molar-refractivity contribution in [2.75, 3.05) is 0 Å². The lowest BCUT2D eigenvalue weighted by Crippen LogP contribution is -1.83. The van der Waals surface area contributed by atoms with E-state index >= 15 is 0 Å². The van der Waals surface area contributed by atoms with Crippen LogP contribution < -0.4 is 0 Å². The Kier molecular flexibility index (Phi) is 3.25. The van der Waals surface area contributed by atoms with Crippen molar-refractivity contribution in [2.45, 2.75) is 6.92 Å². The van der Waals surface area contributed by atoms with E-state index in [2.05, 4.69) is 22.0 Å². The number of fused-ring (bicyclic) bond motifs is 1. The zero-order chi connectivity index (χ0) is 13.4. The summed E-state index contributed by atoms with van der Waals surface area (Å²) in [5.74, 6) is 0.794. The van der Waals surface area contributed by atoms with Crippen LogP contribution in [0.3, 0.4) is 0 Å². The first-order valence-corrected chi connectivity index (χ1v) is 7.15. The van der Waals surface area contributed by atoms with Gasteiger partial charge in [0.1, 0.15) is 11.3 Å². The van der Waals surface area contributed by atoms with Crippen LogP contribution in [0, 0.1) is 11.4 Å². The molecule has 3 heteroatoms. The predicted octanol–water partition coefficient (Wildman–Crippen LogP) is 5.90. The third kappa shape index (κ3) is 2.36. The molecular formula is C16H11BrOS. The first-order valence-electron chi connectivity index (χ1n) is 5.94. The van der Waals surface area contributed by atoms with Gasteiger partial charge in [-0.25, -0.2) is 0 Å². The lowest BCUT2D eigenvalue weighted by Gasteiger charge is -2.06. The molecule has 0 atom stereocenters. The van der Waals surface area contributed by atoms with Crippen molar-refractivity contribution in [2.24, 2.45) is 0 Å². The molecule has 0 radical (unpaired) electrons. The molecule has 0 aliphatic heterocycles. The van der Waals surface area contributed by atoms with Crippen LogP contribution in [0.15, 0.2) is 57.4 Å². The van der Waals surface area contributed by atoms with Crippen molar-refractivity contribution in [1.82, 2.24) is 0 Å². The van der Waals surface area contributed by atoms with Crippen LogP contribution in [0.5, 0.6) is 0 Å². The van der Waals surface area contributed by atoms with Crippen LogP contribution in [0.25, 0.3) is 22.3 Å². The molecule has 0 N–H and O–H groups in total. The largest absolute Gasteiger partial charge is 0.455 e. The van der Waals surface area contributed by atoms with Crippen molar-refractivity contribution >= 4 is 39.1 Å². The summed E-state index contributed by atoms with van der Waals surface area (Å²) in [7, 11) is 0. The molecule has 0 bridgehead atoms. The van der Waals surface area contributed by atoms with E-state index in [4.69, 9.17) is 16.6 Å². The zero-order valence-electron chi connectivity index (χ0n) is 10.3. The molecule has 3 aromatic rings. The fraction of sp³-hybridized carbons (Fsp3) is 0.0625. The summed E-state index contributed by atoms with van der Waals surface area (Å²) < 4.78 is 7.75. The Labute approximate surface area is 125 Å². The molecule has 0 saturated heterocycles. The highest BCUT2D eigenvalue weighted by Gasteiger charge is 2.08. The summed E-state index contributed by atoms with van der Waals surface area (Å²) in [5, 5.41) is 0.974. The van der Waals surface area contributed by atoms with Crippen molar-refractivity contribution in [3.8, 4) is 11.3 Å². The van der Waals surface area contributed by atoms with Gasteiger partial charge in [0.25, 0.3) is 0 Å². The molecule has 1 aromatic heterocycles. The Morgan fingerprint density at radius 2 is 1.79 bits per heavy atom. The normalized spacial score (nSPS) is 10.8. The Balaban J connectivity index is 2.34. The van der Waals surface area contributed by atoms with Gasteiger partial charge in [-0.2, -0.15) is 0 Å². The minimum atomic E-state index is 0.794. The van der Waals surface area contributed by atoms with Gasteiger partial charge in [-0.1, -0.05) is 42.5 Å². The third-order valence-electron chi connectivity index (χ3n) is 2.99. The molecule has 0 aliphatic carbocycles. The molecule has 0 unspecified atom stereocenters. The smallest absolute Gasteiger partial charge is 0.150 e. The molecule has 3 rings (SSSR count). The van der Waals surface area contributed by atoms with E-state index in [1.54, 1.807) is 0 Å². The average Bonchev–Trinajstić information content (AvgIpc) is 2.41. The summed E-state index contributed by atoms with van der Waals surface area (Å²) in [5.41, 5.74) is 2.99. The van der Waals surface area contributed by atoms with E-state index in [0.717, 1.165) is 36.8 Å². The molecule has 1 nitrogen and oxygen atoms in total. The predicted molar refractivity (Wildman–Crippen MR) is 84.9 cm³/mol. The van der Waals surface area contributed by atoms with Crippen molar-refractivity contribution in [3.05, 3.63) is 63.1 Å². The fourth-order valence-corrected chi connectivity index (χ4v) is 3.01. The van der Waals surface area contributed by atoms with Crippen LogP contribution in [-0.2, 0) is 0 Å². The number of benzene rings is 2. The Morgan fingerprint density at radius 1 is 1.05 bits per heavy atom. The van der Waals surface area contributed by atoms with E-state index in [1.165, 1.54) is 0 Å². The molecule has 1 heterocycles. The lowest BCUT2D eigenvalue weighted by molar-refractivity contribution is 0.617. The molecule has 0 spiro atoms. The maximum absolute atomic E-state index is 6.00. The van der Waals surface area contributed by atoms with Gasteiger partial charge in [-0.05, 0) is 40.5 Å². The first kappa shape index (κ1) is 12.6. The van der Waals surface area contributed by atoms with Gasteiger partial charge in [0.05, 0.1) is 8.98 Å². The minimum Gasteiger partial charge on any atom is -0.455 e. The van der Waals surface area contributed by atoms with Gasteiger partial charge in [-0.15, -0.1) is 0 Å². The number of hydrogen-bond donors (Lipinski definition) is 0. The molecule has 2 aromatic carbocycles. The van der Waals surface area contributed by atoms with Gasteiger partial charge in [0, 0.05) is 17.0 Å². The van der Waals surface area contributed by atoms with Crippen LogP contribution >= 0.6 is 28.1 Å². The first-order chi connectivity index (χ1) is 9.15. The average molecular weight is 331 g/mol. The van der Waals surface area contributed by atoms with Gasteiger partial charge < -0.3 is 4.42 Å². The third-order valence-corrected chi connectivity index (χ3v) is 3.91. The van der Waals surface area contributed by atoms with Crippen molar-refractivity contribution in [1.29, 1.82) is 0 Å². The number of aryl methyl sites for hydroxylation is 1. The monoisotopic (exact) mass is 330 g/mol. The Bertz CT molecular complexity index is 806. The van der Waals surface area contributed by atoms with E-state index < -0.39 is 0 Å². The van der Waals surface area contributed by atoms with Crippen LogP contribution in [-0.4, -0.2) is 0 Å². The molecule has 0 fully saturated rings. The summed E-state index contributed by atoms with van der Waals surface area (Å²) >= 11 is 9.03. The highest BCUT2D eigenvalue weighted by molar-refractivity contribution is 9.10. The summed E-state index contributed by atoms with van der Waals surface area (Å²) in [4.78, 5) is 0. The van der Waals surface area contributed by atoms with Gasteiger partial charge in [0.15, 0.2) is 0 Å². The van der Waals surface area contributed by atoms with Crippen molar-refractivity contribution in [3.63, 3.8) is 0 Å². The molecule has 0 saturated carbocycles. The molecule has 0 aliphatic rings. The lowest BCUT2D eigenvalue weighted by atomic mass is 10.1. The number of halogens is 1. The second kappa shape index (κ2) is 4.91. The summed E-state index contributed by atoms with van der Waals surface area (Å²) in [6.07, 6.45) is 0. The van der Waals surface area contributed by atoms with Crippen LogP contribution in [0.4, 0.5) is 0 Å². The SMILES string of the molecule is Cc1cc(Br)c2oc(-c3ccccc3)cc(=S)c2c1. The van der Waals surface area contributed by atoms with Gasteiger partial charge in [0.2, 0.25) is 0 Å². The summed E-state index contributed by atoms with van der Waals surface area (Å²) in [6, 6.07) is 16.0. The van der Waals surface area contributed by atoms with Crippen LogP contribution in [0.2, 0.25) is 0 Å². The van der Waals surface area contributed by atoms with Gasteiger partial charge >= 0.3 is 0 Å². The Morgan fingerprint density at radius 3 is 2.53 bits per heavy atom. The number of hydrogen-bond acceptors (Lipinski definition) is 2. The highest BCUT2D eigenvalue weighted by atomic mass is 79.9. The molecule has 94 valence electrons. The van der Waals surface area contributed by atoms with E-state index in [-0.39, 0.29) is 0 Å². The maximum Gasteiger partial charge on any atom is 0.150 e. The number of rotatable bonds is 1. The topological polar surface area (TPSA) is 13.1 Å². The second-order valence-corrected chi connectivity index (χ2v) is 5.76. The summed E-state index contributed by atoms with van der Waals surface area (Å²) in [6.45, 7) is 2.05. The molecular weight excluding hydrogens is 320 g/mol. The van der Waals surface area contributed by atoms with Gasteiger partial charge in [-0.3, -0.25) is 0 Å². The zero-order valence-corrected chi connectivity index (χ0v) is 12.7.